The summed E-state index contributed by atoms with van der Waals surface area (Å²) in [6.07, 6.45) is 43.2. The van der Waals surface area contributed by atoms with E-state index in [1.807, 2.05) is 0 Å². The van der Waals surface area contributed by atoms with Crippen molar-refractivity contribution >= 4 is 0 Å². The highest BCUT2D eigenvalue weighted by molar-refractivity contribution is 4.99. The molecule has 0 heterocycles. The molecule has 36 heavy (non-hydrogen) atoms. The van der Waals surface area contributed by atoms with Gasteiger partial charge in [0.05, 0.1) is 0 Å². The maximum Gasteiger partial charge on any atom is -0.0233 e. The van der Waals surface area contributed by atoms with Gasteiger partial charge in [-0.3, -0.25) is 0 Å². The van der Waals surface area contributed by atoms with E-state index in [0.717, 1.165) is 47.3 Å². The highest BCUT2D eigenvalue weighted by Gasteiger charge is 2.30. The Balaban J connectivity index is 1.07. The van der Waals surface area contributed by atoms with Crippen LogP contribution in [-0.2, 0) is 0 Å². The molecular weight excluding hydrogens is 432 g/mol. The van der Waals surface area contributed by atoms with Crippen LogP contribution in [0.3, 0.4) is 0 Å². The van der Waals surface area contributed by atoms with Crippen LogP contribution in [-0.4, -0.2) is 0 Å². The molecule has 0 N–H and O–H groups in total. The van der Waals surface area contributed by atoms with Crippen LogP contribution in [0.25, 0.3) is 0 Å². The highest BCUT2D eigenvalue weighted by atomic mass is 14.4. The zero-order valence-corrected chi connectivity index (χ0v) is 24.5. The minimum Gasteiger partial charge on any atom is -0.0851 e. The van der Waals surface area contributed by atoms with Gasteiger partial charge in [-0.25, -0.2) is 0 Å². The molecule has 0 radical (unpaired) electrons. The topological polar surface area (TPSA) is 0 Å². The summed E-state index contributed by atoms with van der Waals surface area (Å²) in [5.74, 6) is 7.79. The number of allylic oxidation sites excluding steroid dienone is 4. The molecule has 0 aliphatic heterocycles. The normalized spacial score (nSPS) is 38.6. The van der Waals surface area contributed by atoms with E-state index < -0.39 is 0 Å². The van der Waals surface area contributed by atoms with Crippen molar-refractivity contribution < 1.29 is 0 Å². The molecule has 0 heteroatoms. The van der Waals surface area contributed by atoms with Gasteiger partial charge in [0.25, 0.3) is 0 Å². The van der Waals surface area contributed by atoms with Crippen molar-refractivity contribution in [1.82, 2.24) is 0 Å². The Morgan fingerprint density at radius 2 is 0.750 bits per heavy atom. The molecule has 0 saturated heterocycles. The summed E-state index contributed by atoms with van der Waals surface area (Å²) in [6.45, 7) is 4.69. The van der Waals surface area contributed by atoms with Crippen molar-refractivity contribution in [3.63, 3.8) is 0 Å². The maximum atomic E-state index is 2.68. The Morgan fingerprint density at radius 1 is 0.389 bits per heavy atom. The summed E-state index contributed by atoms with van der Waals surface area (Å²) in [4.78, 5) is 0. The fraction of sp³-hybridized carbons (Fsp3) is 0.889. The molecule has 4 aliphatic rings. The van der Waals surface area contributed by atoms with Crippen LogP contribution in [0.4, 0.5) is 0 Å². The zero-order valence-electron chi connectivity index (χ0n) is 24.5. The zero-order chi connectivity index (χ0) is 25.0. The molecule has 0 amide bonds. The van der Waals surface area contributed by atoms with E-state index in [4.69, 9.17) is 0 Å². The molecule has 4 fully saturated rings. The molecule has 0 aromatic heterocycles. The van der Waals surface area contributed by atoms with Crippen molar-refractivity contribution in [3.8, 4) is 0 Å². The van der Waals surface area contributed by atoms with Gasteiger partial charge in [0.1, 0.15) is 0 Å². The fourth-order valence-corrected chi connectivity index (χ4v) is 8.68. The highest BCUT2D eigenvalue weighted by Crippen LogP contribution is 2.43. The minimum absolute atomic E-state index is 0.898. The Morgan fingerprint density at radius 3 is 1.11 bits per heavy atom. The molecule has 0 aromatic rings. The Hall–Kier alpha value is -0.520. The predicted molar refractivity (Wildman–Crippen MR) is 159 cm³/mol. The quantitative estimate of drug-likeness (QED) is 0.198. The Bertz CT molecular complexity index is 610. The second-order valence-corrected chi connectivity index (χ2v) is 14.0. The summed E-state index contributed by atoms with van der Waals surface area (Å²) in [5, 5.41) is 0. The van der Waals surface area contributed by atoms with Gasteiger partial charge in [-0.1, -0.05) is 76.7 Å². The Labute approximate surface area is 226 Å². The van der Waals surface area contributed by atoms with Crippen molar-refractivity contribution in [2.75, 3.05) is 0 Å². The first kappa shape index (κ1) is 28.5. The summed E-state index contributed by atoms with van der Waals surface area (Å²) < 4.78 is 0. The molecule has 206 valence electrons. The van der Waals surface area contributed by atoms with Crippen LogP contribution in [0, 0.1) is 47.3 Å². The lowest BCUT2D eigenvalue weighted by molar-refractivity contribution is 0.166. The van der Waals surface area contributed by atoms with Gasteiger partial charge < -0.3 is 0 Å². The molecule has 0 unspecified atom stereocenters. The van der Waals surface area contributed by atoms with Gasteiger partial charge in [0.2, 0.25) is 0 Å². The minimum atomic E-state index is 0.898. The molecule has 0 aromatic carbocycles. The fourth-order valence-electron chi connectivity index (χ4n) is 8.68. The van der Waals surface area contributed by atoms with Gasteiger partial charge in [-0.05, 0) is 150 Å². The summed E-state index contributed by atoms with van der Waals surface area (Å²) in [5.41, 5.74) is 0. The lowest BCUT2D eigenvalue weighted by Crippen LogP contribution is -2.25. The molecule has 0 atom stereocenters. The van der Waals surface area contributed by atoms with Gasteiger partial charge in [-0.2, -0.15) is 0 Å². The third-order valence-electron chi connectivity index (χ3n) is 11.3. The van der Waals surface area contributed by atoms with Crippen molar-refractivity contribution in [2.24, 2.45) is 47.3 Å². The standard InChI is InChI=1S/C36H62/c1-3-5-6-8-30-11-15-32(16-12-30)18-20-34-23-27-36(28-24-34)35-25-21-33(22-26-35)19-17-31-13-9-29(7-4-2)10-14-31/h17-20,29-36H,3-16,21-28H2,1-2H3/b19-17+,20-18?. The first-order valence-corrected chi connectivity index (χ1v) is 17.1. The molecule has 4 rings (SSSR count). The first-order valence-electron chi connectivity index (χ1n) is 17.1. The average molecular weight is 495 g/mol. The van der Waals surface area contributed by atoms with Gasteiger partial charge in [0, 0.05) is 0 Å². The molecular formula is C36H62. The van der Waals surface area contributed by atoms with E-state index in [9.17, 15) is 0 Å². The van der Waals surface area contributed by atoms with E-state index in [1.54, 1.807) is 0 Å². The summed E-state index contributed by atoms with van der Waals surface area (Å²) in [7, 11) is 0. The van der Waals surface area contributed by atoms with Crippen LogP contribution in [0.2, 0.25) is 0 Å². The maximum absolute atomic E-state index is 2.68. The second-order valence-electron chi connectivity index (χ2n) is 14.0. The Kier molecular flexibility index (Phi) is 12.5. The SMILES string of the molecule is CCCCCC1CCC(C=CC2CCC(C3CCC(/C=C/C4CCC(CCC)CC4)CC3)CC2)CC1. The molecule has 4 saturated carbocycles. The largest absolute Gasteiger partial charge is 0.0851 e. The van der Waals surface area contributed by atoms with Crippen LogP contribution >= 0.6 is 0 Å². The smallest absolute Gasteiger partial charge is 0.0233 e. The average Bonchev–Trinajstić information content (AvgIpc) is 2.93. The molecule has 0 nitrogen and oxygen atoms in total. The number of hydrogen-bond acceptors (Lipinski definition) is 0. The number of hydrogen-bond donors (Lipinski definition) is 0. The van der Waals surface area contributed by atoms with E-state index >= 15 is 0 Å². The van der Waals surface area contributed by atoms with Gasteiger partial charge >= 0.3 is 0 Å². The predicted octanol–water partition coefficient (Wildman–Crippen LogP) is 11.7. The van der Waals surface area contributed by atoms with Crippen LogP contribution < -0.4 is 0 Å². The van der Waals surface area contributed by atoms with E-state index in [0.29, 0.717) is 0 Å². The molecule has 0 bridgehead atoms. The van der Waals surface area contributed by atoms with E-state index in [2.05, 4.69) is 38.2 Å². The van der Waals surface area contributed by atoms with E-state index in [-0.39, 0.29) is 0 Å². The summed E-state index contributed by atoms with van der Waals surface area (Å²) in [6, 6.07) is 0. The lowest BCUT2D eigenvalue weighted by atomic mass is 9.69. The third kappa shape index (κ3) is 9.34. The van der Waals surface area contributed by atoms with E-state index in [1.165, 1.54) is 141 Å². The monoisotopic (exact) mass is 494 g/mol. The van der Waals surface area contributed by atoms with Crippen LogP contribution in [0.1, 0.15) is 155 Å². The van der Waals surface area contributed by atoms with Gasteiger partial charge in [-0.15, -0.1) is 0 Å². The van der Waals surface area contributed by atoms with Crippen LogP contribution in [0.5, 0.6) is 0 Å². The van der Waals surface area contributed by atoms with Crippen LogP contribution in [0.15, 0.2) is 24.3 Å². The number of unbranched alkanes of at least 4 members (excludes halogenated alkanes) is 2. The van der Waals surface area contributed by atoms with Crippen molar-refractivity contribution in [1.29, 1.82) is 0 Å². The lowest BCUT2D eigenvalue weighted by Gasteiger charge is -2.37. The molecule has 0 spiro atoms. The van der Waals surface area contributed by atoms with Gasteiger partial charge in [0.15, 0.2) is 0 Å². The third-order valence-corrected chi connectivity index (χ3v) is 11.3. The second kappa shape index (κ2) is 15.8. The van der Waals surface area contributed by atoms with Crippen molar-refractivity contribution in [2.45, 2.75) is 155 Å². The molecule has 4 aliphatic carbocycles. The number of rotatable bonds is 11. The van der Waals surface area contributed by atoms with Crippen molar-refractivity contribution in [3.05, 3.63) is 24.3 Å². The first-order chi connectivity index (χ1) is 17.7. The summed E-state index contributed by atoms with van der Waals surface area (Å²) >= 11 is 0.